The van der Waals surface area contributed by atoms with Gasteiger partial charge in [-0.05, 0) is 64.2 Å². The van der Waals surface area contributed by atoms with E-state index >= 15 is 0 Å². The molecule has 0 bridgehead atoms. The van der Waals surface area contributed by atoms with Crippen LogP contribution in [0.4, 0.5) is 0 Å². The van der Waals surface area contributed by atoms with E-state index in [0.29, 0.717) is 12.8 Å². The van der Waals surface area contributed by atoms with Gasteiger partial charge in [0.2, 0.25) is 0 Å². The average molecular weight is 853 g/mol. The van der Waals surface area contributed by atoms with Gasteiger partial charge in [0.25, 0.3) is 0 Å². The Hall–Kier alpha value is -2.97. The number of esters is 2. The number of rotatable bonds is 33. The monoisotopic (exact) mass is 852 g/mol. The molecule has 14 heteroatoms. The number of hydrogen-bond donors (Lipinski definition) is 6. The zero-order chi connectivity index (χ0) is 43.6. The quantitative estimate of drug-likeness (QED) is 0.0123. The minimum atomic E-state index is -5.13. The molecule has 0 saturated heterocycles. The first kappa shape index (κ1) is 54.0. The van der Waals surface area contributed by atoms with Crippen LogP contribution in [0, 0.1) is 0 Å². The van der Waals surface area contributed by atoms with E-state index < -0.39 is 75.7 Å². The third-order valence-electron chi connectivity index (χ3n) is 9.33. The van der Waals surface area contributed by atoms with Crippen molar-refractivity contribution in [1.29, 1.82) is 0 Å². The standard InChI is InChI=1S/C45H73O13P/c1-3-5-7-9-11-13-15-17-19-21-23-25-27-29-31-33-38(46)55-35-37(36-56-59(53,54)58-45-43(51)41(49)40(48)42(50)44(45)52)57-39(47)34-32-30-28-26-24-22-20-18-16-14-12-10-8-6-4-2/h5-8,10-14,16-20,37,40-45,48-52H,3-4,9,15,21-36H2,1-2H3,(H,53,54)/b7-5+,8-6+,12-10+,13-11+,16-14+,19-17+,20-18+/t37-,40?,41-,42?,43?,44?,45?/m1/s1. The van der Waals surface area contributed by atoms with Crippen LogP contribution in [-0.2, 0) is 32.7 Å². The van der Waals surface area contributed by atoms with Crippen molar-refractivity contribution in [2.75, 3.05) is 13.2 Å². The van der Waals surface area contributed by atoms with Crippen molar-refractivity contribution in [3.05, 3.63) is 85.1 Å². The number of carbonyl (C=O) groups is 2. The van der Waals surface area contributed by atoms with Gasteiger partial charge in [-0.3, -0.25) is 18.6 Å². The minimum Gasteiger partial charge on any atom is -0.462 e. The number of ether oxygens (including phenoxy) is 2. The van der Waals surface area contributed by atoms with Crippen molar-refractivity contribution in [3.8, 4) is 0 Å². The second-order valence-electron chi connectivity index (χ2n) is 14.5. The number of phosphoric acid groups is 1. The fourth-order valence-electron chi connectivity index (χ4n) is 5.90. The fourth-order valence-corrected chi connectivity index (χ4v) is 6.87. The maximum Gasteiger partial charge on any atom is 0.472 e. The summed E-state index contributed by atoms with van der Waals surface area (Å²) in [5, 5.41) is 50.1. The van der Waals surface area contributed by atoms with Gasteiger partial charge in [-0.25, -0.2) is 4.57 Å². The molecule has 0 heterocycles. The van der Waals surface area contributed by atoms with Crippen LogP contribution >= 0.6 is 7.82 Å². The summed E-state index contributed by atoms with van der Waals surface area (Å²) < 4.78 is 33.4. The van der Waals surface area contributed by atoms with Gasteiger partial charge in [-0.2, -0.15) is 0 Å². The van der Waals surface area contributed by atoms with E-state index in [4.69, 9.17) is 18.5 Å². The Labute approximate surface area is 352 Å². The van der Waals surface area contributed by atoms with Crippen LogP contribution in [-0.4, -0.2) is 98.3 Å². The Morgan fingerprint density at radius 1 is 0.542 bits per heavy atom. The number of unbranched alkanes of at least 4 members (excludes halogenated alkanes) is 10. The molecule has 1 fully saturated rings. The fraction of sp³-hybridized carbons (Fsp3) is 0.644. The van der Waals surface area contributed by atoms with Crippen molar-refractivity contribution in [1.82, 2.24) is 0 Å². The van der Waals surface area contributed by atoms with Gasteiger partial charge in [0.1, 0.15) is 43.2 Å². The first-order valence-electron chi connectivity index (χ1n) is 21.4. The van der Waals surface area contributed by atoms with Gasteiger partial charge in [0.05, 0.1) is 6.61 Å². The molecule has 8 atom stereocenters. The smallest absolute Gasteiger partial charge is 0.462 e. The second kappa shape index (κ2) is 34.7. The Balaban J connectivity index is 2.53. The Kier molecular flexibility index (Phi) is 31.8. The van der Waals surface area contributed by atoms with E-state index in [9.17, 15) is 44.6 Å². The molecule has 1 saturated carbocycles. The molecule has 0 spiro atoms. The summed E-state index contributed by atoms with van der Waals surface area (Å²) in [5.41, 5.74) is 0. The van der Waals surface area contributed by atoms with Gasteiger partial charge in [-0.15, -0.1) is 0 Å². The van der Waals surface area contributed by atoms with E-state index in [1.165, 1.54) is 0 Å². The number of carbonyl (C=O) groups excluding carboxylic acids is 2. The number of hydrogen-bond acceptors (Lipinski definition) is 12. The summed E-state index contributed by atoms with van der Waals surface area (Å²) in [6.45, 7) is 2.98. The number of aliphatic hydroxyl groups excluding tert-OH is 5. The van der Waals surface area contributed by atoms with Crippen LogP contribution in [0.1, 0.15) is 129 Å². The van der Waals surface area contributed by atoms with Crippen molar-refractivity contribution in [3.63, 3.8) is 0 Å². The highest BCUT2D eigenvalue weighted by Crippen LogP contribution is 2.47. The molecule has 336 valence electrons. The van der Waals surface area contributed by atoms with E-state index in [1.807, 2.05) is 36.5 Å². The van der Waals surface area contributed by atoms with Gasteiger partial charge in [0, 0.05) is 12.8 Å². The first-order chi connectivity index (χ1) is 28.4. The topological polar surface area (TPSA) is 210 Å². The normalized spacial score (nSPS) is 23.2. The number of phosphoric ester groups is 1. The Morgan fingerprint density at radius 2 is 1.00 bits per heavy atom. The molecule has 1 rings (SSSR count). The molecule has 0 amide bonds. The van der Waals surface area contributed by atoms with Crippen LogP contribution in [0.3, 0.4) is 0 Å². The molecular formula is C45H73O13P. The van der Waals surface area contributed by atoms with Crippen molar-refractivity contribution in [2.45, 2.75) is 172 Å². The predicted molar refractivity (Wildman–Crippen MR) is 230 cm³/mol. The average Bonchev–Trinajstić information content (AvgIpc) is 3.21. The lowest BCUT2D eigenvalue weighted by Crippen LogP contribution is -2.64. The number of allylic oxidation sites excluding steroid dienone is 14. The molecule has 1 aliphatic rings. The second-order valence-corrected chi connectivity index (χ2v) is 15.9. The molecule has 1 aliphatic carbocycles. The van der Waals surface area contributed by atoms with Crippen LogP contribution < -0.4 is 0 Å². The van der Waals surface area contributed by atoms with E-state index in [1.54, 1.807) is 0 Å². The Morgan fingerprint density at radius 3 is 1.59 bits per heavy atom. The highest BCUT2D eigenvalue weighted by atomic mass is 31.2. The molecule has 0 aliphatic heterocycles. The first-order valence-corrected chi connectivity index (χ1v) is 22.9. The largest absolute Gasteiger partial charge is 0.472 e. The van der Waals surface area contributed by atoms with Crippen LogP contribution in [0.5, 0.6) is 0 Å². The molecule has 6 N–H and O–H groups in total. The van der Waals surface area contributed by atoms with Crippen molar-refractivity contribution >= 4 is 19.8 Å². The van der Waals surface area contributed by atoms with Crippen molar-refractivity contribution < 1.29 is 63.1 Å². The summed E-state index contributed by atoms with van der Waals surface area (Å²) in [6.07, 6.45) is 30.7. The molecule has 13 nitrogen and oxygen atoms in total. The summed E-state index contributed by atoms with van der Waals surface area (Å²) in [4.78, 5) is 35.6. The van der Waals surface area contributed by atoms with E-state index in [2.05, 4.69) is 62.5 Å². The maximum atomic E-state index is 12.8. The zero-order valence-corrected chi connectivity index (χ0v) is 36.1. The molecule has 0 radical (unpaired) electrons. The Bertz CT molecular complexity index is 1360. The van der Waals surface area contributed by atoms with Gasteiger partial charge < -0.3 is 39.9 Å². The lowest BCUT2D eigenvalue weighted by Gasteiger charge is -2.41. The van der Waals surface area contributed by atoms with Crippen LogP contribution in [0.25, 0.3) is 0 Å². The molecule has 0 aromatic carbocycles. The molecule has 0 aromatic heterocycles. The SMILES string of the molecule is CC/C=C/C=C/C=C/C=C/CCCCCCCC(=O)O[C@H](COC(=O)CCCCCCC/C=C/C/C=C/C/C=C/CC)COP(=O)(O)OC1C(O)C(O)C(O)[C@@H](O)C1O. The molecule has 0 aromatic rings. The summed E-state index contributed by atoms with van der Waals surface area (Å²) in [6, 6.07) is 0. The molecule has 6 unspecified atom stereocenters. The predicted octanol–water partition coefficient (Wildman–Crippen LogP) is 7.72. The molecule has 59 heavy (non-hydrogen) atoms. The summed E-state index contributed by atoms with van der Waals surface area (Å²) >= 11 is 0. The van der Waals surface area contributed by atoms with Crippen LogP contribution in [0.2, 0.25) is 0 Å². The highest BCUT2D eigenvalue weighted by Gasteiger charge is 2.51. The minimum absolute atomic E-state index is 0.0612. The van der Waals surface area contributed by atoms with Crippen molar-refractivity contribution in [2.24, 2.45) is 0 Å². The van der Waals surface area contributed by atoms with Gasteiger partial charge >= 0.3 is 19.8 Å². The maximum absolute atomic E-state index is 12.8. The summed E-state index contributed by atoms with van der Waals surface area (Å²) in [5.74, 6) is -1.16. The lowest BCUT2D eigenvalue weighted by atomic mass is 9.85. The highest BCUT2D eigenvalue weighted by molar-refractivity contribution is 7.47. The zero-order valence-electron chi connectivity index (χ0n) is 35.3. The lowest BCUT2D eigenvalue weighted by molar-refractivity contribution is -0.220. The molecular weight excluding hydrogens is 779 g/mol. The van der Waals surface area contributed by atoms with E-state index in [0.717, 1.165) is 89.9 Å². The van der Waals surface area contributed by atoms with Gasteiger partial charge in [-0.1, -0.05) is 137 Å². The number of aliphatic hydroxyl groups is 5. The van der Waals surface area contributed by atoms with E-state index in [-0.39, 0.29) is 12.8 Å². The summed E-state index contributed by atoms with van der Waals surface area (Å²) in [7, 11) is -5.13. The van der Waals surface area contributed by atoms with Gasteiger partial charge in [0.15, 0.2) is 6.10 Å². The third kappa shape index (κ3) is 27.5. The van der Waals surface area contributed by atoms with Crippen LogP contribution in [0.15, 0.2) is 85.1 Å². The third-order valence-corrected chi connectivity index (χ3v) is 10.3.